The summed E-state index contributed by atoms with van der Waals surface area (Å²) in [6, 6.07) is 15.3. The lowest BCUT2D eigenvalue weighted by molar-refractivity contribution is -0.0213. The number of para-hydroxylation sites is 1. The third-order valence-corrected chi connectivity index (χ3v) is 5.75. The Balaban J connectivity index is 1.35. The number of amides is 1. The Labute approximate surface area is 173 Å². The van der Waals surface area contributed by atoms with E-state index in [9.17, 15) is 9.90 Å². The molecule has 0 spiro atoms. The topological polar surface area (TPSA) is 84.1 Å². The lowest BCUT2D eigenvalue weighted by Gasteiger charge is -2.38. The summed E-state index contributed by atoms with van der Waals surface area (Å²) in [6.07, 6.45) is 7.65. The molecular weight excluding hydrogens is 378 g/mol. The zero-order chi connectivity index (χ0) is 20.6. The van der Waals surface area contributed by atoms with Gasteiger partial charge >= 0.3 is 0 Å². The number of rotatable bonds is 3. The van der Waals surface area contributed by atoms with Crippen LogP contribution in [0, 0.1) is 0 Å². The van der Waals surface area contributed by atoms with Crippen LogP contribution >= 0.6 is 0 Å². The summed E-state index contributed by atoms with van der Waals surface area (Å²) in [5.74, 6) is -0.0908. The normalized spacial score (nSPS) is 16.0. The highest BCUT2D eigenvalue weighted by Gasteiger charge is 2.36. The number of nitrogens with zero attached hydrogens (tertiary/aromatic N) is 5. The fourth-order valence-electron chi connectivity index (χ4n) is 3.98. The van der Waals surface area contributed by atoms with Gasteiger partial charge in [0, 0.05) is 42.9 Å². The Kier molecular flexibility index (Phi) is 4.52. The van der Waals surface area contributed by atoms with Gasteiger partial charge in [-0.25, -0.2) is 9.97 Å². The molecule has 0 radical (unpaired) electrons. The summed E-state index contributed by atoms with van der Waals surface area (Å²) in [6.45, 7) is 0.946. The number of carbonyl (C=O) groups is 1. The van der Waals surface area contributed by atoms with E-state index in [1.807, 2.05) is 47.0 Å². The van der Waals surface area contributed by atoms with Crippen molar-refractivity contribution >= 4 is 17.1 Å². The van der Waals surface area contributed by atoms with Crippen LogP contribution in [0.2, 0.25) is 0 Å². The van der Waals surface area contributed by atoms with E-state index in [0.717, 1.165) is 11.3 Å². The quantitative estimate of drug-likeness (QED) is 0.573. The SMILES string of the molecule is O=C(c1cnc2c(c1)ncn2-c1ccccc1)N1CCC(O)(c2cccnc2)CC1. The number of imidazole rings is 1. The van der Waals surface area contributed by atoms with Crippen molar-refractivity contribution in [2.45, 2.75) is 18.4 Å². The van der Waals surface area contributed by atoms with Gasteiger partial charge in [0.2, 0.25) is 0 Å². The summed E-state index contributed by atoms with van der Waals surface area (Å²) in [5.41, 5.74) is 2.72. The molecule has 7 nitrogen and oxygen atoms in total. The number of aliphatic hydroxyl groups is 1. The van der Waals surface area contributed by atoms with Gasteiger partial charge in [-0.05, 0) is 37.1 Å². The molecule has 1 aliphatic rings. The van der Waals surface area contributed by atoms with E-state index in [2.05, 4.69) is 15.0 Å². The van der Waals surface area contributed by atoms with Crippen molar-refractivity contribution < 1.29 is 9.90 Å². The molecule has 150 valence electrons. The number of piperidine rings is 1. The Morgan fingerprint density at radius 1 is 1.00 bits per heavy atom. The molecule has 4 heterocycles. The molecule has 5 rings (SSSR count). The van der Waals surface area contributed by atoms with Crippen LogP contribution in [0.4, 0.5) is 0 Å². The number of pyridine rings is 2. The molecule has 1 aliphatic heterocycles. The standard InChI is InChI=1S/C23H21N5O2/c29-22(27-11-8-23(30,9-12-27)18-5-4-10-24-15-18)17-13-20-21(25-14-17)28(16-26-20)19-6-2-1-3-7-19/h1-7,10,13-16,30H,8-9,11-12H2. The summed E-state index contributed by atoms with van der Waals surface area (Å²) >= 11 is 0. The van der Waals surface area contributed by atoms with E-state index >= 15 is 0 Å². The number of carbonyl (C=O) groups excluding carboxylic acids is 1. The molecule has 7 heteroatoms. The van der Waals surface area contributed by atoms with Gasteiger partial charge in [-0.2, -0.15) is 0 Å². The zero-order valence-corrected chi connectivity index (χ0v) is 16.3. The molecule has 3 aromatic heterocycles. The Morgan fingerprint density at radius 3 is 2.53 bits per heavy atom. The van der Waals surface area contributed by atoms with Crippen LogP contribution in [0.15, 0.2) is 73.4 Å². The highest BCUT2D eigenvalue weighted by atomic mass is 16.3. The summed E-state index contributed by atoms with van der Waals surface area (Å²) < 4.78 is 1.90. The first-order valence-corrected chi connectivity index (χ1v) is 9.95. The summed E-state index contributed by atoms with van der Waals surface area (Å²) in [5, 5.41) is 11.0. The van der Waals surface area contributed by atoms with Gasteiger partial charge in [0.05, 0.1) is 11.2 Å². The second kappa shape index (κ2) is 7.35. The van der Waals surface area contributed by atoms with Crippen LogP contribution in [-0.4, -0.2) is 48.5 Å². The lowest BCUT2D eigenvalue weighted by atomic mass is 9.85. The van der Waals surface area contributed by atoms with Crippen LogP contribution in [0.5, 0.6) is 0 Å². The Bertz CT molecular complexity index is 1180. The molecule has 1 amide bonds. The molecule has 1 fully saturated rings. The fraction of sp³-hybridized carbons (Fsp3) is 0.217. The van der Waals surface area contributed by atoms with Crippen molar-refractivity contribution in [3.8, 4) is 5.69 Å². The molecule has 1 N–H and O–H groups in total. The Hall–Kier alpha value is -3.58. The smallest absolute Gasteiger partial charge is 0.255 e. The van der Waals surface area contributed by atoms with E-state index in [0.29, 0.717) is 42.7 Å². The molecule has 0 unspecified atom stereocenters. The third kappa shape index (κ3) is 3.23. The molecule has 0 atom stereocenters. The summed E-state index contributed by atoms with van der Waals surface area (Å²) in [4.78, 5) is 27.8. The van der Waals surface area contributed by atoms with E-state index in [-0.39, 0.29) is 5.91 Å². The zero-order valence-electron chi connectivity index (χ0n) is 16.3. The second-order valence-electron chi connectivity index (χ2n) is 7.58. The van der Waals surface area contributed by atoms with Gasteiger partial charge in [0.15, 0.2) is 5.65 Å². The van der Waals surface area contributed by atoms with Crippen molar-refractivity contribution in [2.75, 3.05) is 13.1 Å². The van der Waals surface area contributed by atoms with Crippen LogP contribution in [0.25, 0.3) is 16.9 Å². The van der Waals surface area contributed by atoms with Gasteiger partial charge in [-0.3, -0.25) is 14.3 Å². The number of aromatic nitrogens is 4. The van der Waals surface area contributed by atoms with Crippen molar-refractivity contribution in [3.63, 3.8) is 0 Å². The predicted octanol–water partition coefficient (Wildman–Crippen LogP) is 2.94. The van der Waals surface area contributed by atoms with Gasteiger partial charge in [-0.1, -0.05) is 24.3 Å². The Morgan fingerprint density at radius 2 is 1.80 bits per heavy atom. The molecule has 0 saturated carbocycles. The average molecular weight is 399 g/mol. The van der Waals surface area contributed by atoms with Crippen LogP contribution < -0.4 is 0 Å². The molecule has 0 aliphatic carbocycles. The third-order valence-electron chi connectivity index (χ3n) is 5.75. The number of hydrogen-bond donors (Lipinski definition) is 1. The van der Waals surface area contributed by atoms with Crippen LogP contribution in [-0.2, 0) is 5.60 Å². The minimum Gasteiger partial charge on any atom is -0.385 e. The van der Waals surface area contributed by atoms with Crippen LogP contribution in [0.1, 0.15) is 28.8 Å². The number of benzene rings is 1. The first kappa shape index (κ1) is 18.4. The van der Waals surface area contributed by atoms with Crippen molar-refractivity contribution in [1.29, 1.82) is 0 Å². The van der Waals surface area contributed by atoms with E-state index in [4.69, 9.17) is 0 Å². The maximum Gasteiger partial charge on any atom is 0.255 e. The first-order chi connectivity index (χ1) is 14.6. The van der Waals surface area contributed by atoms with Crippen molar-refractivity contribution in [1.82, 2.24) is 24.4 Å². The summed E-state index contributed by atoms with van der Waals surface area (Å²) in [7, 11) is 0. The molecule has 30 heavy (non-hydrogen) atoms. The molecular formula is C23H21N5O2. The minimum absolute atomic E-state index is 0.0908. The molecule has 1 saturated heterocycles. The lowest BCUT2D eigenvalue weighted by Crippen LogP contribution is -2.45. The van der Waals surface area contributed by atoms with Crippen molar-refractivity contribution in [2.24, 2.45) is 0 Å². The number of hydrogen-bond acceptors (Lipinski definition) is 5. The number of fused-ring (bicyclic) bond motifs is 1. The second-order valence-corrected chi connectivity index (χ2v) is 7.58. The molecule has 4 aromatic rings. The average Bonchev–Trinajstić information content (AvgIpc) is 3.24. The van der Waals surface area contributed by atoms with Gasteiger partial charge in [-0.15, -0.1) is 0 Å². The highest BCUT2D eigenvalue weighted by Crippen LogP contribution is 2.32. The number of likely N-dealkylation sites (tertiary alicyclic amines) is 1. The van der Waals surface area contributed by atoms with Gasteiger partial charge in [0.25, 0.3) is 5.91 Å². The van der Waals surface area contributed by atoms with E-state index in [1.165, 1.54) is 0 Å². The van der Waals surface area contributed by atoms with Gasteiger partial charge < -0.3 is 10.0 Å². The largest absolute Gasteiger partial charge is 0.385 e. The first-order valence-electron chi connectivity index (χ1n) is 9.95. The molecule has 0 bridgehead atoms. The maximum absolute atomic E-state index is 13.0. The van der Waals surface area contributed by atoms with Crippen LogP contribution in [0.3, 0.4) is 0 Å². The highest BCUT2D eigenvalue weighted by molar-refractivity contribution is 5.96. The monoisotopic (exact) mass is 399 g/mol. The fourth-order valence-corrected chi connectivity index (χ4v) is 3.98. The minimum atomic E-state index is -0.943. The van der Waals surface area contributed by atoms with E-state index in [1.54, 1.807) is 35.9 Å². The maximum atomic E-state index is 13.0. The van der Waals surface area contributed by atoms with E-state index < -0.39 is 5.60 Å². The predicted molar refractivity (Wildman–Crippen MR) is 112 cm³/mol. The van der Waals surface area contributed by atoms with Gasteiger partial charge in [0.1, 0.15) is 11.8 Å². The van der Waals surface area contributed by atoms with Crippen molar-refractivity contribution in [3.05, 3.63) is 84.6 Å². The molecule has 1 aromatic carbocycles.